The van der Waals surface area contributed by atoms with Crippen LogP contribution in [0.25, 0.3) is 0 Å². The van der Waals surface area contributed by atoms with Crippen LogP contribution in [-0.2, 0) is 0 Å². The lowest BCUT2D eigenvalue weighted by Gasteiger charge is -2.24. The van der Waals surface area contributed by atoms with E-state index >= 15 is 0 Å². The van der Waals surface area contributed by atoms with Gasteiger partial charge in [0.05, 0.1) is 12.1 Å². The SMILES string of the molecule is Fc1cc(F)c(C#CCN2CCNCC2)cc1F. The van der Waals surface area contributed by atoms with Crippen LogP contribution in [0.2, 0.25) is 0 Å². The number of nitrogens with one attached hydrogen (secondary N) is 1. The molecule has 1 aliphatic heterocycles. The van der Waals surface area contributed by atoms with Crippen molar-refractivity contribution in [3.63, 3.8) is 0 Å². The van der Waals surface area contributed by atoms with E-state index < -0.39 is 17.5 Å². The molecule has 96 valence electrons. The van der Waals surface area contributed by atoms with Gasteiger partial charge in [-0.15, -0.1) is 0 Å². The molecule has 0 saturated carbocycles. The zero-order valence-corrected chi connectivity index (χ0v) is 9.77. The fourth-order valence-electron chi connectivity index (χ4n) is 1.73. The minimum Gasteiger partial charge on any atom is -0.314 e. The van der Waals surface area contributed by atoms with E-state index in [1.165, 1.54) is 0 Å². The highest BCUT2D eigenvalue weighted by Crippen LogP contribution is 2.12. The molecule has 0 unspecified atom stereocenters. The Balaban J connectivity index is 2.03. The second kappa shape index (κ2) is 5.89. The quantitative estimate of drug-likeness (QED) is 0.601. The van der Waals surface area contributed by atoms with Gasteiger partial charge in [0.1, 0.15) is 5.82 Å². The standard InChI is InChI=1S/C13H13F3N2/c14-11-9-13(16)12(15)8-10(11)2-1-5-18-6-3-17-4-7-18/h8-9,17H,3-7H2. The summed E-state index contributed by atoms with van der Waals surface area (Å²) in [5, 5.41) is 3.20. The number of halogens is 3. The summed E-state index contributed by atoms with van der Waals surface area (Å²) in [6.45, 7) is 4.08. The van der Waals surface area contributed by atoms with Crippen molar-refractivity contribution in [1.29, 1.82) is 0 Å². The van der Waals surface area contributed by atoms with Crippen molar-refractivity contribution in [3.8, 4) is 11.8 Å². The fraction of sp³-hybridized carbons (Fsp3) is 0.385. The highest BCUT2D eigenvalue weighted by molar-refractivity contribution is 5.36. The normalized spacial score (nSPS) is 16.2. The first-order chi connectivity index (χ1) is 8.66. The number of piperazine rings is 1. The van der Waals surface area contributed by atoms with Gasteiger partial charge >= 0.3 is 0 Å². The summed E-state index contributed by atoms with van der Waals surface area (Å²) in [6.07, 6.45) is 0. The molecule has 1 heterocycles. The Morgan fingerprint density at radius 2 is 1.72 bits per heavy atom. The van der Waals surface area contributed by atoms with Crippen molar-refractivity contribution in [3.05, 3.63) is 35.1 Å². The van der Waals surface area contributed by atoms with E-state index in [9.17, 15) is 13.2 Å². The third-order valence-corrected chi connectivity index (χ3v) is 2.75. The van der Waals surface area contributed by atoms with Crippen LogP contribution >= 0.6 is 0 Å². The van der Waals surface area contributed by atoms with Gasteiger partial charge in [0.15, 0.2) is 11.6 Å². The van der Waals surface area contributed by atoms with Crippen LogP contribution in [0.5, 0.6) is 0 Å². The summed E-state index contributed by atoms with van der Waals surface area (Å²) in [5.74, 6) is 2.21. The molecular formula is C13H13F3N2. The van der Waals surface area contributed by atoms with Crippen LogP contribution < -0.4 is 5.32 Å². The monoisotopic (exact) mass is 254 g/mol. The molecule has 0 atom stereocenters. The van der Waals surface area contributed by atoms with Crippen LogP contribution in [0, 0.1) is 29.3 Å². The van der Waals surface area contributed by atoms with E-state index in [0.717, 1.165) is 32.2 Å². The first-order valence-electron chi connectivity index (χ1n) is 5.73. The Morgan fingerprint density at radius 3 is 2.44 bits per heavy atom. The van der Waals surface area contributed by atoms with Gasteiger partial charge < -0.3 is 5.32 Å². The van der Waals surface area contributed by atoms with E-state index in [2.05, 4.69) is 22.1 Å². The van der Waals surface area contributed by atoms with Crippen LogP contribution in [0.3, 0.4) is 0 Å². The van der Waals surface area contributed by atoms with E-state index in [4.69, 9.17) is 0 Å². The summed E-state index contributed by atoms with van der Waals surface area (Å²) < 4.78 is 38.9. The molecule has 5 heteroatoms. The van der Waals surface area contributed by atoms with Gasteiger partial charge in [-0.05, 0) is 6.07 Å². The molecule has 1 aliphatic rings. The van der Waals surface area contributed by atoms with Gasteiger partial charge in [-0.2, -0.15) is 0 Å². The van der Waals surface area contributed by atoms with E-state index in [1.54, 1.807) is 0 Å². The molecule has 0 aromatic heterocycles. The number of hydrogen-bond acceptors (Lipinski definition) is 2. The molecule has 0 spiro atoms. The zero-order chi connectivity index (χ0) is 13.0. The van der Waals surface area contributed by atoms with Crippen LogP contribution in [0.1, 0.15) is 5.56 Å². The Hall–Kier alpha value is -1.51. The predicted octanol–water partition coefficient (Wildman–Crippen LogP) is 1.36. The summed E-state index contributed by atoms with van der Waals surface area (Å²) in [5.41, 5.74) is -0.107. The lowest BCUT2D eigenvalue weighted by atomic mass is 10.2. The minimum atomic E-state index is -1.19. The average molecular weight is 254 g/mol. The smallest absolute Gasteiger partial charge is 0.161 e. The molecular weight excluding hydrogens is 241 g/mol. The minimum absolute atomic E-state index is 0.107. The number of rotatable bonds is 1. The third-order valence-electron chi connectivity index (χ3n) is 2.75. The second-order valence-corrected chi connectivity index (χ2v) is 4.07. The average Bonchev–Trinajstić information content (AvgIpc) is 2.37. The molecule has 0 amide bonds. The second-order valence-electron chi connectivity index (χ2n) is 4.07. The van der Waals surface area contributed by atoms with Crippen molar-refractivity contribution in [2.45, 2.75) is 0 Å². The van der Waals surface area contributed by atoms with Crippen molar-refractivity contribution in [1.82, 2.24) is 10.2 Å². The van der Waals surface area contributed by atoms with E-state index in [-0.39, 0.29) is 5.56 Å². The predicted molar refractivity (Wildman–Crippen MR) is 62.5 cm³/mol. The maximum Gasteiger partial charge on any atom is 0.161 e. The molecule has 2 nitrogen and oxygen atoms in total. The summed E-state index contributed by atoms with van der Waals surface area (Å²) in [6, 6.07) is 1.31. The van der Waals surface area contributed by atoms with Crippen LogP contribution in [0.15, 0.2) is 12.1 Å². The number of hydrogen-bond donors (Lipinski definition) is 1. The highest BCUT2D eigenvalue weighted by Gasteiger charge is 2.09. The maximum absolute atomic E-state index is 13.3. The molecule has 1 saturated heterocycles. The van der Waals surface area contributed by atoms with Crippen molar-refractivity contribution >= 4 is 0 Å². The third kappa shape index (κ3) is 3.25. The number of benzene rings is 1. The Morgan fingerprint density at radius 1 is 1.06 bits per heavy atom. The Labute approximate surface area is 104 Å². The molecule has 18 heavy (non-hydrogen) atoms. The van der Waals surface area contributed by atoms with E-state index in [0.29, 0.717) is 12.6 Å². The topological polar surface area (TPSA) is 15.3 Å². The summed E-state index contributed by atoms with van der Waals surface area (Å²) >= 11 is 0. The maximum atomic E-state index is 13.3. The fourth-order valence-corrected chi connectivity index (χ4v) is 1.73. The van der Waals surface area contributed by atoms with Crippen molar-refractivity contribution in [2.24, 2.45) is 0 Å². The molecule has 0 bridgehead atoms. The Bertz CT molecular complexity index is 485. The largest absolute Gasteiger partial charge is 0.314 e. The molecule has 0 aliphatic carbocycles. The zero-order valence-electron chi connectivity index (χ0n) is 9.77. The number of nitrogens with zero attached hydrogens (tertiary/aromatic N) is 1. The highest BCUT2D eigenvalue weighted by atomic mass is 19.2. The van der Waals surface area contributed by atoms with E-state index in [1.807, 2.05) is 0 Å². The molecule has 1 aromatic rings. The van der Waals surface area contributed by atoms with Crippen molar-refractivity contribution < 1.29 is 13.2 Å². The molecule has 0 radical (unpaired) electrons. The first-order valence-corrected chi connectivity index (χ1v) is 5.73. The first kappa shape index (κ1) is 12.9. The van der Waals surface area contributed by atoms with Crippen molar-refractivity contribution in [2.75, 3.05) is 32.7 Å². The molecule has 2 rings (SSSR count). The lowest BCUT2D eigenvalue weighted by Crippen LogP contribution is -2.43. The van der Waals surface area contributed by atoms with Gasteiger partial charge in [0.25, 0.3) is 0 Å². The van der Waals surface area contributed by atoms with Gasteiger partial charge in [-0.3, -0.25) is 4.90 Å². The van der Waals surface area contributed by atoms with Gasteiger partial charge in [0.2, 0.25) is 0 Å². The molecule has 1 fully saturated rings. The van der Waals surface area contributed by atoms with Gasteiger partial charge in [-0.1, -0.05) is 11.8 Å². The van der Waals surface area contributed by atoms with Gasteiger partial charge in [0, 0.05) is 32.2 Å². The van der Waals surface area contributed by atoms with Crippen LogP contribution in [-0.4, -0.2) is 37.6 Å². The molecule has 1 N–H and O–H groups in total. The summed E-state index contributed by atoms with van der Waals surface area (Å²) in [4.78, 5) is 2.11. The summed E-state index contributed by atoms with van der Waals surface area (Å²) in [7, 11) is 0. The lowest BCUT2D eigenvalue weighted by molar-refractivity contribution is 0.268. The molecule has 1 aromatic carbocycles. The van der Waals surface area contributed by atoms with Gasteiger partial charge in [-0.25, -0.2) is 13.2 Å². The van der Waals surface area contributed by atoms with Crippen LogP contribution in [0.4, 0.5) is 13.2 Å². The Kier molecular flexibility index (Phi) is 4.24.